The molecule has 2 N–H and O–H groups in total. The van der Waals surface area contributed by atoms with E-state index in [1.165, 1.54) is 44.7 Å². The average molecular weight is 474 g/mol. The highest BCUT2D eigenvalue weighted by Gasteiger charge is 2.27. The zero-order chi connectivity index (χ0) is 25.1. The van der Waals surface area contributed by atoms with Crippen molar-refractivity contribution >= 4 is 22.9 Å². The van der Waals surface area contributed by atoms with Crippen LogP contribution >= 0.6 is 0 Å². The summed E-state index contributed by atoms with van der Waals surface area (Å²) in [5, 5.41) is 20.6. The van der Waals surface area contributed by atoms with Gasteiger partial charge in [-0.25, -0.2) is 4.79 Å². The molecule has 0 aliphatic carbocycles. The third-order valence-corrected chi connectivity index (χ3v) is 5.82. The molecule has 0 radical (unpaired) electrons. The van der Waals surface area contributed by atoms with Gasteiger partial charge in [-0.15, -0.1) is 0 Å². The molecule has 4 rings (SSSR count). The molecule has 4 aromatic rings. The van der Waals surface area contributed by atoms with E-state index < -0.39 is 17.9 Å². The normalized spacial score (nSPS) is 11.7. The first-order valence-corrected chi connectivity index (χ1v) is 10.7. The Bertz CT molecular complexity index is 1450. The number of carbonyl (C=O) groups is 2. The van der Waals surface area contributed by atoms with E-state index in [9.17, 15) is 24.6 Å². The fraction of sp³-hybridized carbons (Fsp3) is 0.148. The van der Waals surface area contributed by atoms with Crippen molar-refractivity contribution in [2.75, 3.05) is 14.2 Å². The molecule has 8 nitrogen and oxygen atoms in total. The highest BCUT2D eigenvalue weighted by molar-refractivity contribution is 5.90. The van der Waals surface area contributed by atoms with Crippen molar-refractivity contribution in [2.45, 2.75) is 12.3 Å². The molecule has 8 heteroatoms. The first-order valence-electron chi connectivity index (χ1n) is 10.7. The van der Waals surface area contributed by atoms with Gasteiger partial charge in [-0.05, 0) is 47.5 Å². The summed E-state index contributed by atoms with van der Waals surface area (Å²) in [4.78, 5) is 37.4. The number of ether oxygens (including phenoxy) is 2. The molecule has 1 heterocycles. The van der Waals surface area contributed by atoms with Crippen molar-refractivity contribution in [2.24, 2.45) is 0 Å². The Kier molecular flexibility index (Phi) is 6.55. The van der Waals surface area contributed by atoms with Gasteiger partial charge in [-0.3, -0.25) is 9.59 Å². The first kappa shape index (κ1) is 23.6. The number of benzene rings is 3. The summed E-state index contributed by atoms with van der Waals surface area (Å²) in [5.74, 6) is -1.88. The third kappa shape index (κ3) is 4.59. The van der Waals surface area contributed by atoms with Gasteiger partial charge < -0.3 is 24.1 Å². The van der Waals surface area contributed by atoms with Gasteiger partial charge in [-0.1, -0.05) is 24.3 Å². The molecule has 0 amide bonds. The van der Waals surface area contributed by atoms with Gasteiger partial charge in [0.25, 0.3) is 0 Å². The Morgan fingerprint density at radius 3 is 2.23 bits per heavy atom. The molecular weight excluding hydrogens is 452 g/mol. The van der Waals surface area contributed by atoms with Crippen molar-refractivity contribution < 1.29 is 33.7 Å². The minimum absolute atomic E-state index is 0.0648. The maximum Gasteiger partial charge on any atom is 0.337 e. The maximum absolute atomic E-state index is 13.3. The van der Waals surface area contributed by atoms with E-state index in [1.807, 2.05) is 0 Å². The fourth-order valence-corrected chi connectivity index (χ4v) is 3.99. The molecule has 35 heavy (non-hydrogen) atoms. The summed E-state index contributed by atoms with van der Waals surface area (Å²) in [5.41, 5.74) is 1.78. The van der Waals surface area contributed by atoms with Crippen LogP contribution in [0.2, 0.25) is 0 Å². The Balaban J connectivity index is 1.89. The van der Waals surface area contributed by atoms with Crippen LogP contribution in [0.1, 0.15) is 33.8 Å². The molecule has 178 valence electrons. The topological polar surface area (TPSA) is 123 Å². The molecule has 0 saturated heterocycles. The monoisotopic (exact) mass is 474 g/mol. The molecule has 0 unspecified atom stereocenters. The van der Waals surface area contributed by atoms with E-state index >= 15 is 0 Å². The van der Waals surface area contributed by atoms with E-state index in [4.69, 9.17) is 13.9 Å². The summed E-state index contributed by atoms with van der Waals surface area (Å²) < 4.78 is 15.5. The summed E-state index contributed by atoms with van der Waals surface area (Å²) in [7, 11) is 2.53. The largest absolute Gasteiger partial charge is 0.508 e. The second kappa shape index (κ2) is 9.72. The van der Waals surface area contributed by atoms with Gasteiger partial charge in [0, 0.05) is 11.5 Å². The Hall–Kier alpha value is -4.59. The number of phenolic OH excluding ortho intramolecular Hbond substituents is 2. The molecule has 0 saturated carbocycles. The van der Waals surface area contributed by atoms with Crippen LogP contribution in [0.3, 0.4) is 0 Å². The van der Waals surface area contributed by atoms with Crippen LogP contribution in [0.15, 0.2) is 76.1 Å². The molecule has 1 aromatic heterocycles. The van der Waals surface area contributed by atoms with Crippen LogP contribution in [-0.4, -0.2) is 36.4 Å². The lowest BCUT2D eigenvalue weighted by molar-refractivity contribution is -0.140. The summed E-state index contributed by atoms with van der Waals surface area (Å²) in [6, 6.07) is 15.3. The van der Waals surface area contributed by atoms with Crippen molar-refractivity contribution in [3.05, 3.63) is 93.8 Å². The average Bonchev–Trinajstić information content (AvgIpc) is 2.88. The molecule has 0 spiro atoms. The number of methoxy groups -OCH3 is 2. The molecule has 0 fully saturated rings. The Labute approximate surface area is 200 Å². The highest BCUT2D eigenvalue weighted by atomic mass is 16.5. The van der Waals surface area contributed by atoms with E-state index in [0.29, 0.717) is 16.7 Å². The van der Waals surface area contributed by atoms with Gasteiger partial charge in [0.2, 0.25) is 5.43 Å². The smallest absolute Gasteiger partial charge is 0.337 e. The van der Waals surface area contributed by atoms with Gasteiger partial charge in [0.1, 0.15) is 23.3 Å². The standard InChI is InChI=1S/C27H22O8/c1-33-23(30)13-20(15-3-5-17(6-4-15)27(32)34-2)24-22(29)12-11-19-25(31)21(14-35-26(19)24)16-7-9-18(28)10-8-16/h3-12,14,20,28-29H,13H2,1-2H3/t20-/m1/s1. The predicted octanol–water partition coefficient (Wildman–Crippen LogP) is 4.35. The van der Waals surface area contributed by atoms with E-state index in [0.717, 1.165) is 0 Å². The molecule has 1 atom stereocenters. The third-order valence-electron chi connectivity index (χ3n) is 5.82. The second-order valence-corrected chi connectivity index (χ2v) is 7.85. The number of aromatic hydroxyl groups is 2. The number of rotatable bonds is 6. The van der Waals surface area contributed by atoms with Crippen LogP contribution in [0.25, 0.3) is 22.1 Å². The number of hydrogen-bond acceptors (Lipinski definition) is 8. The lowest BCUT2D eigenvalue weighted by Crippen LogP contribution is -2.13. The van der Waals surface area contributed by atoms with Crippen LogP contribution in [0, 0.1) is 0 Å². The quantitative estimate of drug-likeness (QED) is 0.395. The molecule has 0 bridgehead atoms. The number of fused-ring (bicyclic) bond motifs is 1. The van der Waals surface area contributed by atoms with Gasteiger partial charge in [0.15, 0.2) is 0 Å². The maximum atomic E-state index is 13.3. The lowest BCUT2D eigenvalue weighted by atomic mass is 9.86. The van der Waals surface area contributed by atoms with Gasteiger partial charge in [0.05, 0.1) is 37.2 Å². The van der Waals surface area contributed by atoms with Crippen LogP contribution in [0.4, 0.5) is 0 Å². The number of hydrogen-bond donors (Lipinski definition) is 2. The van der Waals surface area contributed by atoms with Crippen molar-refractivity contribution in [1.82, 2.24) is 0 Å². The zero-order valence-electron chi connectivity index (χ0n) is 19.0. The van der Waals surface area contributed by atoms with E-state index in [1.54, 1.807) is 36.4 Å². The van der Waals surface area contributed by atoms with Crippen LogP contribution in [-0.2, 0) is 14.3 Å². The lowest BCUT2D eigenvalue weighted by Gasteiger charge is -2.20. The van der Waals surface area contributed by atoms with Crippen LogP contribution in [0.5, 0.6) is 11.5 Å². The number of phenols is 2. The Morgan fingerprint density at radius 2 is 1.60 bits per heavy atom. The molecular formula is C27H22O8. The minimum atomic E-state index is -0.736. The highest BCUT2D eigenvalue weighted by Crippen LogP contribution is 2.39. The molecule has 0 aliphatic heterocycles. The first-order chi connectivity index (χ1) is 16.8. The van der Waals surface area contributed by atoms with Crippen LogP contribution < -0.4 is 5.43 Å². The minimum Gasteiger partial charge on any atom is -0.508 e. The SMILES string of the molecule is COC(=O)C[C@H](c1ccc(C(=O)OC)cc1)c1c(O)ccc2c(=O)c(-c3ccc(O)cc3)coc12. The summed E-state index contributed by atoms with van der Waals surface area (Å²) >= 11 is 0. The van der Waals surface area contributed by atoms with E-state index in [-0.39, 0.29) is 45.4 Å². The summed E-state index contributed by atoms with van der Waals surface area (Å²) in [6.45, 7) is 0. The Morgan fingerprint density at radius 1 is 0.914 bits per heavy atom. The summed E-state index contributed by atoms with van der Waals surface area (Å²) in [6.07, 6.45) is 1.14. The number of carbonyl (C=O) groups excluding carboxylic acids is 2. The van der Waals surface area contributed by atoms with Crippen molar-refractivity contribution in [3.63, 3.8) is 0 Å². The van der Waals surface area contributed by atoms with Gasteiger partial charge >= 0.3 is 11.9 Å². The molecule has 0 aliphatic rings. The van der Waals surface area contributed by atoms with Gasteiger partial charge in [-0.2, -0.15) is 0 Å². The fourth-order valence-electron chi connectivity index (χ4n) is 3.99. The number of esters is 2. The molecule has 3 aromatic carbocycles. The van der Waals surface area contributed by atoms with Crippen molar-refractivity contribution in [1.29, 1.82) is 0 Å². The zero-order valence-corrected chi connectivity index (χ0v) is 19.0. The second-order valence-electron chi connectivity index (χ2n) is 7.85. The van der Waals surface area contributed by atoms with E-state index in [2.05, 4.69) is 0 Å². The predicted molar refractivity (Wildman–Crippen MR) is 128 cm³/mol. The van der Waals surface area contributed by atoms with Crippen molar-refractivity contribution in [3.8, 4) is 22.6 Å².